The molecule has 0 saturated carbocycles. The normalized spacial score (nSPS) is 11.9. The van der Waals surface area contributed by atoms with E-state index in [1.165, 1.54) is 20.3 Å². The first-order chi connectivity index (χ1) is 19.4. The fraction of sp³-hybridized carbons (Fsp3) is 0.367. The third-order valence-corrected chi connectivity index (χ3v) is 5.54. The Morgan fingerprint density at radius 3 is 2.38 bits per heavy atom. The molecule has 0 aliphatic rings. The Hall–Kier alpha value is -4.15. The molecule has 0 saturated heterocycles. The van der Waals surface area contributed by atoms with Crippen molar-refractivity contribution in [1.29, 1.82) is 0 Å². The molecule has 0 unspecified atom stereocenters. The zero-order valence-corrected chi connectivity index (χ0v) is 23.1. The fourth-order valence-corrected chi connectivity index (χ4v) is 3.53. The average molecular weight is 555 g/mol. The van der Waals surface area contributed by atoms with E-state index < -0.39 is 29.9 Å². The molecular formula is C30H38N2O8. The molecule has 0 fully saturated rings. The number of rotatable bonds is 19. The summed E-state index contributed by atoms with van der Waals surface area (Å²) in [6, 6.07) is 11.8. The van der Waals surface area contributed by atoms with Crippen molar-refractivity contribution < 1.29 is 38.1 Å². The van der Waals surface area contributed by atoms with Crippen molar-refractivity contribution in [2.45, 2.75) is 31.5 Å². The van der Waals surface area contributed by atoms with Gasteiger partial charge in [-0.1, -0.05) is 48.6 Å². The molecule has 2 amide bonds. The number of carbonyl (C=O) groups excluding carboxylic acids is 3. The predicted octanol–water partition coefficient (Wildman–Crippen LogP) is 3.22. The summed E-state index contributed by atoms with van der Waals surface area (Å²) in [7, 11) is 2.87. The number of methoxy groups -OCH3 is 2. The lowest BCUT2D eigenvalue weighted by atomic mass is 10.1. The fourth-order valence-electron chi connectivity index (χ4n) is 3.53. The van der Waals surface area contributed by atoms with Gasteiger partial charge in [0.2, 0.25) is 5.91 Å². The number of amides is 2. The molecular weight excluding hydrogens is 516 g/mol. The minimum atomic E-state index is -1.14. The Morgan fingerprint density at radius 1 is 0.925 bits per heavy atom. The lowest BCUT2D eigenvalue weighted by Gasteiger charge is -2.23. The molecule has 2 atom stereocenters. The molecule has 0 bridgehead atoms. The zero-order valence-electron chi connectivity index (χ0n) is 23.1. The third kappa shape index (κ3) is 10.5. The van der Waals surface area contributed by atoms with Crippen molar-refractivity contribution >= 4 is 17.8 Å². The number of carbonyl (C=O) groups is 3. The average Bonchev–Trinajstić information content (AvgIpc) is 2.97. The van der Waals surface area contributed by atoms with Gasteiger partial charge in [-0.2, -0.15) is 0 Å². The Bertz CT molecular complexity index is 1110. The molecule has 2 N–H and O–H groups in total. The van der Waals surface area contributed by atoms with E-state index in [9.17, 15) is 14.4 Å². The number of unbranched alkanes of at least 4 members (excludes halogenated alkanes) is 1. The second-order valence-electron chi connectivity index (χ2n) is 8.58. The van der Waals surface area contributed by atoms with Crippen molar-refractivity contribution in [2.24, 2.45) is 0 Å². The molecule has 0 heterocycles. The summed E-state index contributed by atoms with van der Waals surface area (Å²) >= 11 is 0. The van der Waals surface area contributed by atoms with Crippen LogP contribution in [0.3, 0.4) is 0 Å². The molecule has 2 aromatic carbocycles. The van der Waals surface area contributed by atoms with Gasteiger partial charge in [0.15, 0.2) is 17.5 Å². The first-order valence-corrected chi connectivity index (χ1v) is 12.8. The number of allylic oxidation sites excluding steroid dienone is 1. The van der Waals surface area contributed by atoms with E-state index in [-0.39, 0.29) is 37.7 Å². The maximum Gasteiger partial charge on any atom is 0.331 e. The summed E-state index contributed by atoms with van der Waals surface area (Å²) in [4.78, 5) is 39.3. The predicted molar refractivity (Wildman–Crippen MR) is 150 cm³/mol. The lowest BCUT2D eigenvalue weighted by molar-refractivity contribution is -0.151. The van der Waals surface area contributed by atoms with Crippen molar-refractivity contribution in [3.63, 3.8) is 0 Å². The first kappa shape index (κ1) is 32.1. The number of ether oxygens (including phenoxy) is 5. The topological polar surface area (TPSA) is 121 Å². The van der Waals surface area contributed by atoms with Gasteiger partial charge in [0.05, 0.1) is 39.1 Å². The van der Waals surface area contributed by atoms with E-state index in [1.54, 1.807) is 24.3 Å². The molecule has 2 aromatic rings. The highest BCUT2D eigenvalue weighted by Gasteiger charge is 2.29. The standard InChI is InChI=1S/C30H38N2O8/c1-5-7-11-18-39-27-23(15-12-16-26(27)37-4)28(33)31-24(20-36-3)29(34)32-25(21-38-17-6-2)30(35)40-19-22-13-9-8-10-14-22/h5-6,8-10,12-16,24-25H,1-2,7,11,17-21H2,3-4H3,(H,31,33)(H,32,34)/t24-,25-/m0/s1. The molecule has 0 spiro atoms. The van der Waals surface area contributed by atoms with E-state index in [1.807, 2.05) is 30.3 Å². The SMILES string of the molecule is C=CCCCOc1c(OC)cccc1C(=O)N[C@@H](COC)C(=O)N[C@@H](COCC=C)C(=O)OCc1ccccc1. The largest absolute Gasteiger partial charge is 0.493 e. The molecule has 0 aliphatic heterocycles. The number of benzene rings is 2. The molecule has 10 nitrogen and oxygen atoms in total. The van der Waals surface area contributed by atoms with Gasteiger partial charge in [0.1, 0.15) is 12.6 Å². The molecule has 0 aromatic heterocycles. The van der Waals surface area contributed by atoms with Gasteiger partial charge in [-0.25, -0.2) is 4.79 Å². The minimum absolute atomic E-state index is 0.0250. The molecule has 216 valence electrons. The Labute approximate surface area is 235 Å². The lowest BCUT2D eigenvalue weighted by Crippen LogP contribution is -2.54. The zero-order chi connectivity index (χ0) is 29.2. The number of esters is 1. The van der Waals surface area contributed by atoms with E-state index in [2.05, 4.69) is 23.8 Å². The summed E-state index contributed by atoms with van der Waals surface area (Å²) in [5.74, 6) is -1.30. The molecule has 40 heavy (non-hydrogen) atoms. The van der Waals surface area contributed by atoms with Gasteiger partial charge in [-0.05, 0) is 30.5 Å². The summed E-state index contributed by atoms with van der Waals surface area (Å²) in [5, 5.41) is 5.27. The highest BCUT2D eigenvalue weighted by Crippen LogP contribution is 2.31. The van der Waals surface area contributed by atoms with Crippen LogP contribution in [0.1, 0.15) is 28.8 Å². The van der Waals surface area contributed by atoms with Gasteiger partial charge in [0.25, 0.3) is 5.91 Å². The summed E-state index contributed by atoms with van der Waals surface area (Å²) in [6.45, 7) is 7.50. The summed E-state index contributed by atoms with van der Waals surface area (Å²) in [6.07, 6.45) is 4.75. The smallest absolute Gasteiger partial charge is 0.331 e. The van der Waals surface area contributed by atoms with Crippen molar-refractivity contribution in [3.8, 4) is 11.5 Å². The van der Waals surface area contributed by atoms with E-state index >= 15 is 0 Å². The van der Waals surface area contributed by atoms with Crippen LogP contribution in [0, 0.1) is 0 Å². The second kappa shape index (κ2) is 18.2. The van der Waals surface area contributed by atoms with Crippen molar-refractivity contribution in [2.75, 3.05) is 40.6 Å². The third-order valence-electron chi connectivity index (χ3n) is 5.54. The maximum absolute atomic E-state index is 13.3. The van der Waals surface area contributed by atoms with E-state index in [0.29, 0.717) is 18.8 Å². The number of para-hydroxylation sites is 1. The number of hydrogen-bond donors (Lipinski definition) is 2. The van der Waals surface area contributed by atoms with Gasteiger partial charge < -0.3 is 34.3 Å². The first-order valence-electron chi connectivity index (χ1n) is 12.8. The molecule has 2 rings (SSSR count). The summed E-state index contributed by atoms with van der Waals surface area (Å²) < 4.78 is 27.2. The summed E-state index contributed by atoms with van der Waals surface area (Å²) in [5.41, 5.74) is 0.971. The minimum Gasteiger partial charge on any atom is -0.493 e. The Kier molecular flexibility index (Phi) is 14.6. The monoisotopic (exact) mass is 554 g/mol. The Balaban J connectivity index is 2.15. The van der Waals surface area contributed by atoms with Crippen molar-refractivity contribution in [1.82, 2.24) is 10.6 Å². The van der Waals surface area contributed by atoms with Crippen LogP contribution in [-0.4, -0.2) is 70.5 Å². The van der Waals surface area contributed by atoms with Gasteiger partial charge in [-0.3, -0.25) is 9.59 Å². The van der Waals surface area contributed by atoms with Crippen LogP contribution < -0.4 is 20.1 Å². The van der Waals surface area contributed by atoms with Crippen LogP contribution >= 0.6 is 0 Å². The van der Waals surface area contributed by atoms with Crippen LogP contribution in [-0.2, 0) is 30.4 Å². The van der Waals surface area contributed by atoms with Crippen LogP contribution in [0.25, 0.3) is 0 Å². The van der Waals surface area contributed by atoms with Crippen LogP contribution in [0.4, 0.5) is 0 Å². The van der Waals surface area contributed by atoms with Gasteiger partial charge in [0, 0.05) is 7.11 Å². The van der Waals surface area contributed by atoms with Crippen molar-refractivity contribution in [3.05, 3.63) is 85.0 Å². The van der Waals surface area contributed by atoms with Crippen LogP contribution in [0.5, 0.6) is 11.5 Å². The van der Waals surface area contributed by atoms with Crippen LogP contribution in [0.2, 0.25) is 0 Å². The van der Waals surface area contributed by atoms with E-state index in [4.69, 9.17) is 23.7 Å². The number of hydrogen-bond acceptors (Lipinski definition) is 8. The van der Waals surface area contributed by atoms with Crippen LogP contribution in [0.15, 0.2) is 73.8 Å². The quantitative estimate of drug-likeness (QED) is 0.154. The van der Waals surface area contributed by atoms with Gasteiger partial charge >= 0.3 is 5.97 Å². The van der Waals surface area contributed by atoms with Gasteiger partial charge in [-0.15, -0.1) is 13.2 Å². The highest BCUT2D eigenvalue weighted by atomic mass is 16.5. The molecule has 10 heteroatoms. The second-order valence-corrected chi connectivity index (χ2v) is 8.58. The Morgan fingerprint density at radius 2 is 1.70 bits per heavy atom. The molecule has 0 aliphatic carbocycles. The highest BCUT2D eigenvalue weighted by molar-refractivity contribution is 6.00. The molecule has 0 radical (unpaired) electrons. The van der Waals surface area contributed by atoms with E-state index in [0.717, 1.165) is 12.0 Å². The maximum atomic E-state index is 13.3. The number of nitrogens with one attached hydrogen (secondary N) is 2.